The zero-order valence-electron chi connectivity index (χ0n) is 18.1. The first-order chi connectivity index (χ1) is 14.9. The number of rotatable bonds is 7. The predicted octanol–water partition coefficient (Wildman–Crippen LogP) is 2.91. The van der Waals surface area contributed by atoms with E-state index < -0.39 is 0 Å². The van der Waals surface area contributed by atoms with Crippen LogP contribution >= 0.6 is 0 Å². The normalized spacial score (nSPS) is 19.3. The molecule has 7 heteroatoms. The molecular weight excluding hydrogens is 394 g/mol. The van der Waals surface area contributed by atoms with E-state index in [1.54, 1.807) is 43.8 Å². The number of hydrogen-bond donors (Lipinski definition) is 1. The minimum absolute atomic E-state index is 0.0623. The van der Waals surface area contributed by atoms with Gasteiger partial charge in [0.15, 0.2) is 0 Å². The number of nitrogens with zero attached hydrogens (tertiary/aromatic N) is 2. The molecular formula is C24H27N3O4. The van der Waals surface area contributed by atoms with Crippen LogP contribution in [-0.4, -0.2) is 55.4 Å². The van der Waals surface area contributed by atoms with Gasteiger partial charge in [-0.2, -0.15) is 0 Å². The molecule has 1 atom stereocenters. The van der Waals surface area contributed by atoms with Gasteiger partial charge in [0.1, 0.15) is 11.4 Å². The molecule has 162 valence electrons. The molecule has 0 radical (unpaired) electrons. The number of carbonyl (C=O) groups is 3. The topological polar surface area (TPSA) is 88.1 Å². The highest BCUT2D eigenvalue weighted by Gasteiger charge is 2.36. The van der Waals surface area contributed by atoms with Crippen molar-refractivity contribution < 1.29 is 19.1 Å². The largest absolute Gasteiger partial charge is 0.383 e. The van der Waals surface area contributed by atoms with Gasteiger partial charge in [-0.1, -0.05) is 43.3 Å². The van der Waals surface area contributed by atoms with Gasteiger partial charge in [-0.15, -0.1) is 0 Å². The van der Waals surface area contributed by atoms with Gasteiger partial charge < -0.3 is 15.0 Å². The second-order valence-corrected chi connectivity index (χ2v) is 7.56. The van der Waals surface area contributed by atoms with Crippen molar-refractivity contribution in [2.75, 3.05) is 26.8 Å². The Morgan fingerprint density at radius 3 is 2.61 bits per heavy atom. The molecule has 1 N–H and O–H groups in total. The third-order valence-corrected chi connectivity index (χ3v) is 5.19. The lowest BCUT2D eigenvalue weighted by atomic mass is 9.89. The molecule has 0 bridgehead atoms. The van der Waals surface area contributed by atoms with E-state index in [4.69, 9.17) is 4.74 Å². The summed E-state index contributed by atoms with van der Waals surface area (Å²) in [7, 11) is 1.55. The van der Waals surface area contributed by atoms with Crippen molar-refractivity contribution in [1.29, 1.82) is 0 Å². The van der Waals surface area contributed by atoms with E-state index in [9.17, 15) is 14.4 Å². The summed E-state index contributed by atoms with van der Waals surface area (Å²) < 4.78 is 5.07. The summed E-state index contributed by atoms with van der Waals surface area (Å²) in [6, 6.07) is 6.67. The average Bonchev–Trinajstić information content (AvgIpc) is 2.75. The van der Waals surface area contributed by atoms with Crippen molar-refractivity contribution >= 4 is 23.7 Å². The van der Waals surface area contributed by atoms with Gasteiger partial charge in [-0.3, -0.25) is 19.4 Å². The van der Waals surface area contributed by atoms with Gasteiger partial charge in [0.2, 0.25) is 17.5 Å². The lowest BCUT2D eigenvalue weighted by Gasteiger charge is -2.30. The molecule has 3 rings (SSSR count). The fraction of sp³-hybridized carbons (Fsp3) is 0.333. The summed E-state index contributed by atoms with van der Waals surface area (Å²) >= 11 is 0. The van der Waals surface area contributed by atoms with Crippen molar-refractivity contribution in [3.8, 4) is 0 Å². The summed E-state index contributed by atoms with van der Waals surface area (Å²) in [6.45, 7) is 4.29. The van der Waals surface area contributed by atoms with Gasteiger partial charge in [0.05, 0.1) is 13.2 Å². The summed E-state index contributed by atoms with van der Waals surface area (Å²) in [5.74, 6) is -0.693. The summed E-state index contributed by atoms with van der Waals surface area (Å²) in [5, 5.41) is 3.02. The van der Waals surface area contributed by atoms with Crippen molar-refractivity contribution in [2.24, 2.45) is 10.9 Å². The van der Waals surface area contributed by atoms with Crippen molar-refractivity contribution in [2.45, 2.75) is 20.3 Å². The van der Waals surface area contributed by atoms with Gasteiger partial charge >= 0.3 is 0 Å². The molecule has 0 saturated heterocycles. The van der Waals surface area contributed by atoms with Crippen LogP contribution in [-0.2, 0) is 9.53 Å². The Bertz CT molecular complexity index is 1000. The molecule has 31 heavy (non-hydrogen) atoms. The van der Waals surface area contributed by atoms with Crippen LogP contribution in [0, 0.1) is 5.92 Å². The molecule has 0 spiro atoms. The number of ether oxygens (including phenoxy) is 1. The van der Waals surface area contributed by atoms with Crippen molar-refractivity contribution in [3.63, 3.8) is 0 Å². The minimum atomic E-state index is -0.359. The zero-order chi connectivity index (χ0) is 22.4. The number of fused-ring (bicyclic) bond motifs is 1. The van der Waals surface area contributed by atoms with E-state index in [1.807, 2.05) is 12.2 Å². The summed E-state index contributed by atoms with van der Waals surface area (Å²) in [6.07, 6.45) is 8.22. The number of ketones is 2. The molecule has 1 aromatic carbocycles. The number of aliphatic imine (C=N–C) groups is 1. The highest BCUT2D eigenvalue weighted by molar-refractivity contribution is 6.27. The number of allylic oxidation sites excluding steroid dienone is 4. The van der Waals surface area contributed by atoms with Gasteiger partial charge in [0.25, 0.3) is 0 Å². The first-order valence-corrected chi connectivity index (χ1v) is 10.3. The zero-order valence-corrected chi connectivity index (χ0v) is 18.1. The number of carbonyl (C=O) groups excluding carboxylic acids is 3. The van der Waals surface area contributed by atoms with Crippen LogP contribution in [0.5, 0.6) is 0 Å². The summed E-state index contributed by atoms with van der Waals surface area (Å²) in [4.78, 5) is 44.9. The SMILES string of the molecule is COCCNC1=C(N(CC2=CCC(C)/C=C/N=C2)C(C)=O)C(=O)c2ccccc2C1=O. The first kappa shape index (κ1) is 22.4. The highest BCUT2D eigenvalue weighted by Crippen LogP contribution is 2.28. The third-order valence-electron chi connectivity index (χ3n) is 5.19. The standard InChI is InChI=1S/C24H27N3O4/c1-16-8-9-18(14-25-11-10-16)15-27(17(2)28)22-21(26-12-13-31-3)23(29)19-6-4-5-7-20(19)24(22)30/h4-7,9-11,14,16,26H,8,12-13,15H2,1-3H3/b11-10+,18-9?,25-14?. The van der Waals surface area contributed by atoms with E-state index in [-0.39, 0.29) is 35.4 Å². The molecule has 2 aliphatic rings. The Hall–Kier alpha value is -3.32. The van der Waals surface area contributed by atoms with Gasteiger partial charge in [-0.25, -0.2) is 0 Å². The predicted molar refractivity (Wildman–Crippen MR) is 119 cm³/mol. The van der Waals surface area contributed by atoms with Crippen LogP contribution in [0.15, 0.2) is 64.6 Å². The molecule has 1 heterocycles. The number of hydrogen-bond acceptors (Lipinski definition) is 6. The number of methoxy groups -OCH3 is 1. The minimum Gasteiger partial charge on any atom is -0.383 e. The van der Waals surface area contributed by atoms with E-state index in [0.29, 0.717) is 30.2 Å². The first-order valence-electron chi connectivity index (χ1n) is 10.3. The molecule has 1 aliphatic carbocycles. The Balaban J connectivity index is 2.05. The van der Waals surface area contributed by atoms with Crippen LogP contribution in [0.3, 0.4) is 0 Å². The molecule has 1 unspecified atom stereocenters. The maximum absolute atomic E-state index is 13.4. The van der Waals surface area contributed by atoms with Crippen LogP contribution in [0.25, 0.3) is 0 Å². The third kappa shape index (κ3) is 5.06. The van der Waals surface area contributed by atoms with Crippen LogP contribution < -0.4 is 5.32 Å². The van der Waals surface area contributed by atoms with E-state index in [1.165, 1.54) is 11.8 Å². The summed E-state index contributed by atoms with van der Waals surface area (Å²) in [5.41, 5.74) is 1.60. The molecule has 7 nitrogen and oxygen atoms in total. The van der Waals surface area contributed by atoms with E-state index in [2.05, 4.69) is 17.2 Å². The van der Waals surface area contributed by atoms with Crippen LogP contribution in [0.1, 0.15) is 41.0 Å². The van der Waals surface area contributed by atoms with Gasteiger partial charge in [-0.05, 0) is 17.9 Å². The van der Waals surface area contributed by atoms with Crippen LogP contribution in [0.2, 0.25) is 0 Å². The van der Waals surface area contributed by atoms with E-state index in [0.717, 1.165) is 12.0 Å². The Kier molecular flexibility index (Phi) is 7.31. The second kappa shape index (κ2) is 10.1. The molecule has 0 aromatic heterocycles. The Labute approximate surface area is 182 Å². The molecule has 0 saturated carbocycles. The maximum atomic E-state index is 13.4. The quantitative estimate of drug-likeness (QED) is 0.684. The number of nitrogens with one attached hydrogen (secondary N) is 1. The van der Waals surface area contributed by atoms with Crippen LogP contribution in [0.4, 0.5) is 0 Å². The maximum Gasteiger partial charge on any atom is 0.224 e. The molecule has 1 aromatic rings. The van der Waals surface area contributed by atoms with Crippen molar-refractivity contribution in [3.05, 3.63) is 70.7 Å². The number of Topliss-reactive ketones (excluding diaryl/α,β-unsaturated/α-hetero) is 2. The highest BCUT2D eigenvalue weighted by atomic mass is 16.5. The lowest BCUT2D eigenvalue weighted by molar-refractivity contribution is -0.126. The number of benzene rings is 1. The number of amides is 1. The lowest BCUT2D eigenvalue weighted by Crippen LogP contribution is -2.42. The van der Waals surface area contributed by atoms with Gasteiger partial charge in [0, 0.05) is 44.1 Å². The monoisotopic (exact) mass is 421 g/mol. The fourth-order valence-corrected chi connectivity index (χ4v) is 3.50. The smallest absolute Gasteiger partial charge is 0.224 e. The van der Waals surface area contributed by atoms with E-state index >= 15 is 0 Å². The molecule has 0 fully saturated rings. The van der Waals surface area contributed by atoms with Crippen molar-refractivity contribution in [1.82, 2.24) is 10.2 Å². The Morgan fingerprint density at radius 1 is 1.23 bits per heavy atom. The second-order valence-electron chi connectivity index (χ2n) is 7.56. The molecule has 1 aliphatic heterocycles. The Morgan fingerprint density at radius 2 is 1.94 bits per heavy atom. The molecule has 1 amide bonds. The average molecular weight is 421 g/mol. The fourth-order valence-electron chi connectivity index (χ4n) is 3.50.